The lowest BCUT2D eigenvalue weighted by Crippen LogP contribution is -2.36. The maximum atomic E-state index is 12.9. The first-order valence-corrected chi connectivity index (χ1v) is 10.3. The van der Waals surface area contributed by atoms with E-state index in [1.807, 2.05) is 6.07 Å². The second-order valence-corrected chi connectivity index (χ2v) is 7.82. The molecule has 166 valence electrons. The molecule has 5 nitrogen and oxygen atoms in total. The number of benzene rings is 2. The third kappa shape index (κ3) is 5.70. The Morgan fingerprint density at radius 1 is 1.03 bits per heavy atom. The van der Waals surface area contributed by atoms with Gasteiger partial charge in [0.25, 0.3) is 0 Å². The smallest absolute Gasteiger partial charge is 0.422 e. The van der Waals surface area contributed by atoms with Crippen LogP contribution in [0.2, 0.25) is 0 Å². The molecule has 2 aromatic carbocycles. The number of halogens is 3. The molecule has 0 N–H and O–H groups in total. The van der Waals surface area contributed by atoms with Crippen molar-refractivity contribution in [1.29, 1.82) is 0 Å². The molecule has 0 unspecified atom stereocenters. The quantitative estimate of drug-likeness (QED) is 0.626. The molecule has 0 aliphatic carbocycles. The minimum Gasteiger partial charge on any atom is -0.486 e. The second-order valence-electron chi connectivity index (χ2n) is 7.82. The molecule has 0 bridgehead atoms. The maximum Gasteiger partial charge on any atom is 0.422 e. The van der Waals surface area contributed by atoms with Crippen molar-refractivity contribution in [3.63, 3.8) is 0 Å². The minimum absolute atomic E-state index is 0.0553. The SMILES string of the molecule is O=C(c1ccc2c(c1)OCCO2)C1CCN(Cc2cccc(OCC(F)(F)F)c2)CC1. The van der Waals surface area contributed by atoms with Gasteiger partial charge >= 0.3 is 6.18 Å². The van der Waals surface area contributed by atoms with Crippen LogP contribution >= 0.6 is 0 Å². The highest BCUT2D eigenvalue weighted by Gasteiger charge is 2.29. The summed E-state index contributed by atoms with van der Waals surface area (Å²) >= 11 is 0. The van der Waals surface area contributed by atoms with E-state index in [1.54, 1.807) is 30.3 Å². The van der Waals surface area contributed by atoms with Crippen LogP contribution in [0.25, 0.3) is 0 Å². The molecule has 1 saturated heterocycles. The fourth-order valence-electron chi connectivity index (χ4n) is 3.94. The van der Waals surface area contributed by atoms with E-state index >= 15 is 0 Å². The van der Waals surface area contributed by atoms with Crippen LogP contribution in [0.5, 0.6) is 17.2 Å². The average Bonchev–Trinajstić information content (AvgIpc) is 2.77. The summed E-state index contributed by atoms with van der Waals surface area (Å²) in [5.41, 5.74) is 1.52. The number of carbonyl (C=O) groups is 1. The Morgan fingerprint density at radius 2 is 1.77 bits per heavy atom. The number of rotatable bonds is 6. The Labute approximate surface area is 178 Å². The number of piperidine rings is 1. The maximum absolute atomic E-state index is 12.9. The highest BCUT2D eigenvalue weighted by atomic mass is 19.4. The minimum atomic E-state index is -4.36. The van der Waals surface area contributed by atoms with Crippen molar-refractivity contribution in [2.24, 2.45) is 5.92 Å². The number of hydrogen-bond acceptors (Lipinski definition) is 5. The zero-order valence-electron chi connectivity index (χ0n) is 17.0. The van der Waals surface area contributed by atoms with Crippen LogP contribution in [0.1, 0.15) is 28.8 Å². The zero-order chi connectivity index (χ0) is 21.8. The van der Waals surface area contributed by atoms with Gasteiger partial charge in [0.05, 0.1) is 0 Å². The van der Waals surface area contributed by atoms with E-state index in [9.17, 15) is 18.0 Å². The van der Waals surface area contributed by atoms with Gasteiger partial charge in [-0.1, -0.05) is 12.1 Å². The second kappa shape index (κ2) is 9.18. The summed E-state index contributed by atoms with van der Waals surface area (Å²) in [4.78, 5) is 15.1. The average molecular weight is 435 g/mol. The number of ketones is 1. The number of carbonyl (C=O) groups excluding carboxylic acids is 1. The number of alkyl halides is 3. The monoisotopic (exact) mass is 435 g/mol. The van der Waals surface area contributed by atoms with E-state index in [2.05, 4.69) is 4.90 Å². The summed E-state index contributed by atoms with van der Waals surface area (Å²) in [5, 5.41) is 0. The van der Waals surface area contributed by atoms with Crippen LogP contribution in [0, 0.1) is 5.92 Å². The Morgan fingerprint density at radius 3 is 2.52 bits per heavy atom. The number of fused-ring (bicyclic) bond motifs is 1. The van der Waals surface area contributed by atoms with E-state index in [-0.39, 0.29) is 17.5 Å². The van der Waals surface area contributed by atoms with Gasteiger partial charge in [-0.05, 0) is 61.8 Å². The van der Waals surface area contributed by atoms with Crippen molar-refractivity contribution in [2.45, 2.75) is 25.6 Å². The standard InChI is InChI=1S/C23H24F3NO4/c24-23(25,26)15-31-19-3-1-2-16(12-19)14-27-8-6-17(7-9-27)22(28)18-4-5-20-21(13-18)30-11-10-29-20/h1-5,12-13,17H,6-11,14-15H2. The first-order chi connectivity index (χ1) is 14.9. The Kier molecular flexibility index (Phi) is 6.36. The predicted molar refractivity (Wildman–Crippen MR) is 108 cm³/mol. The number of likely N-dealkylation sites (tertiary alicyclic amines) is 1. The molecule has 8 heteroatoms. The van der Waals surface area contributed by atoms with Gasteiger partial charge < -0.3 is 14.2 Å². The van der Waals surface area contributed by atoms with Crippen molar-refractivity contribution >= 4 is 5.78 Å². The zero-order valence-corrected chi connectivity index (χ0v) is 17.0. The third-order valence-corrected chi connectivity index (χ3v) is 5.49. The van der Waals surface area contributed by atoms with Crippen molar-refractivity contribution < 1.29 is 32.2 Å². The Bertz CT molecular complexity index is 923. The van der Waals surface area contributed by atoms with Gasteiger partial charge in [-0.25, -0.2) is 0 Å². The molecular weight excluding hydrogens is 411 g/mol. The first-order valence-electron chi connectivity index (χ1n) is 10.3. The van der Waals surface area contributed by atoms with Gasteiger partial charge in [0.2, 0.25) is 0 Å². The van der Waals surface area contributed by atoms with Gasteiger partial charge in [0, 0.05) is 18.0 Å². The van der Waals surface area contributed by atoms with Crippen LogP contribution in [-0.4, -0.2) is 49.8 Å². The van der Waals surface area contributed by atoms with Crippen LogP contribution < -0.4 is 14.2 Å². The van der Waals surface area contributed by atoms with Crippen LogP contribution in [0.4, 0.5) is 13.2 Å². The van der Waals surface area contributed by atoms with Crippen molar-refractivity contribution in [3.8, 4) is 17.2 Å². The summed E-state index contributed by atoms with van der Waals surface area (Å²) < 4.78 is 53.0. The molecule has 0 aromatic heterocycles. The van der Waals surface area contributed by atoms with E-state index in [0.29, 0.717) is 36.8 Å². The molecule has 0 atom stereocenters. The fourth-order valence-corrected chi connectivity index (χ4v) is 3.94. The molecule has 2 heterocycles. The van der Waals surface area contributed by atoms with E-state index < -0.39 is 12.8 Å². The highest BCUT2D eigenvalue weighted by molar-refractivity contribution is 5.98. The number of ether oxygens (including phenoxy) is 3. The van der Waals surface area contributed by atoms with Crippen molar-refractivity contribution in [1.82, 2.24) is 4.90 Å². The van der Waals surface area contributed by atoms with Crippen molar-refractivity contribution in [3.05, 3.63) is 53.6 Å². The topological polar surface area (TPSA) is 48.0 Å². The first kappa shape index (κ1) is 21.5. The number of Topliss-reactive ketones (excluding diaryl/α,β-unsaturated/α-hetero) is 1. The molecule has 2 aromatic rings. The molecule has 0 saturated carbocycles. The summed E-state index contributed by atoms with van der Waals surface area (Å²) in [6, 6.07) is 12.0. The molecule has 0 spiro atoms. The lowest BCUT2D eigenvalue weighted by molar-refractivity contribution is -0.153. The van der Waals surface area contributed by atoms with Gasteiger partial charge in [0.15, 0.2) is 23.9 Å². The van der Waals surface area contributed by atoms with Crippen LogP contribution in [0.15, 0.2) is 42.5 Å². The normalized spacial score (nSPS) is 17.4. The lowest BCUT2D eigenvalue weighted by atomic mass is 9.88. The molecule has 31 heavy (non-hydrogen) atoms. The molecule has 0 amide bonds. The van der Waals surface area contributed by atoms with E-state index in [1.165, 1.54) is 6.07 Å². The number of nitrogens with zero attached hydrogens (tertiary/aromatic N) is 1. The van der Waals surface area contributed by atoms with Gasteiger partial charge in [-0.2, -0.15) is 13.2 Å². The molecule has 2 aliphatic rings. The van der Waals surface area contributed by atoms with Crippen LogP contribution in [0.3, 0.4) is 0 Å². The van der Waals surface area contributed by atoms with Gasteiger partial charge in [0.1, 0.15) is 19.0 Å². The largest absolute Gasteiger partial charge is 0.486 e. The summed E-state index contributed by atoms with van der Waals surface area (Å²) in [7, 11) is 0. The van der Waals surface area contributed by atoms with E-state index in [4.69, 9.17) is 14.2 Å². The Hall–Kier alpha value is -2.74. The molecule has 4 rings (SSSR count). The summed E-state index contributed by atoms with van der Waals surface area (Å²) in [6.45, 7) is 1.78. The van der Waals surface area contributed by atoms with Gasteiger partial charge in [-0.3, -0.25) is 9.69 Å². The van der Waals surface area contributed by atoms with Crippen LogP contribution in [-0.2, 0) is 6.54 Å². The van der Waals surface area contributed by atoms with Crippen molar-refractivity contribution in [2.75, 3.05) is 32.9 Å². The van der Waals surface area contributed by atoms with Gasteiger partial charge in [-0.15, -0.1) is 0 Å². The van der Waals surface area contributed by atoms with E-state index in [0.717, 1.165) is 31.5 Å². The Balaban J connectivity index is 1.30. The predicted octanol–water partition coefficient (Wildman–Crippen LogP) is 4.49. The molecule has 1 fully saturated rings. The molecule has 0 radical (unpaired) electrons. The lowest BCUT2D eigenvalue weighted by Gasteiger charge is -2.31. The fraction of sp³-hybridized carbons (Fsp3) is 0.435. The number of hydrogen-bond donors (Lipinski definition) is 0. The highest BCUT2D eigenvalue weighted by Crippen LogP contribution is 2.33. The summed E-state index contributed by atoms with van der Waals surface area (Å²) in [5.74, 6) is 1.54. The molecular formula is C23H24F3NO4. The summed E-state index contributed by atoms with van der Waals surface area (Å²) in [6.07, 6.45) is -2.89. The third-order valence-electron chi connectivity index (χ3n) is 5.49. The molecule has 2 aliphatic heterocycles.